The Bertz CT molecular complexity index is 1430. The zero-order valence-corrected chi connectivity index (χ0v) is 16.9. The van der Waals surface area contributed by atoms with E-state index in [2.05, 4.69) is 46.8 Å². The summed E-state index contributed by atoms with van der Waals surface area (Å²) in [5.41, 5.74) is 6.16. The van der Waals surface area contributed by atoms with Gasteiger partial charge in [-0.25, -0.2) is 24.9 Å². The van der Waals surface area contributed by atoms with Gasteiger partial charge in [0.1, 0.15) is 17.5 Å². The van der Waals surface area contributed by atoms with Gasteiger partial charge in [0.2, 0.25) is 0 Å². The Balaban J connectivity index is 1.63. The van der Waals surface area contributed by atoms with Crippen molar-refractivity contribution < 1.29 is 0 Å². The van der Waals surface area contributed by atoms with Crippen molar-refractivity contribution in [3.8, 4) is 22.6 Å². The fourth-order valence-corrected chi connectivity index (χ4v) is 3.37. The van der Waals surface area contributed by atoms with Crippen LogP contribution in [-0.2, 0) is 0 Å². The molecule has 5 rings (SSSR count). The van der Waals surface area contributed by atoms with E-state index >= 15 is 0 Å². The van der Waals surface area contributed by atoms with E-state index in [0.717, 1.165) is 33.4 Å². The van der Waals surface area contributed by atoms with Crippen LogP contribution < -0.4 is 4.90 Å². The molecule has 5 aromatic rings. The van der Waals surface area contributed by atoms with Crippen LogP contribution in [0.4, 0.5) is 5.69 Å². The molecular formula is C21H18N10. The van der Waals surface area contributed by atoms with Crippen LogP contribution in [0.15, 0.2) is 60.1 Å². The molecule has 0 saturated heterocycles. The Labute approximate surface area is 176 Å². The van der Waals surface area contributed by atoms with E-state index in [4.69, 9.17) is 4.98 Å². The minimum atomic E-state index is 0.598. The van der Waals surface area contributed by atoms with Crippen molar-refractivity contribution in [1.29, 1.82) is 0 Å². The molecule has 0 atom stereocenters. The second-order valence-corrected chi connectivity index (χ2v) is 6.97. The molecule has 0 bridgehead atoms. The van der Waals surface area contributed by atoms with Gasteiger partial charge in [-0.15, -0.1) is 0 Å². The minimum Gasteiger partial charge on any atom is -0.347 e. The fourth-order valence-electron chi connectivity index (χ4n) is 3.37. The maximum Gasteiger partial charge on any atom is 0.161 e. The topological polar surface area (TPSA) is 125 Å². The third-order valence-electron chi connectivity index (χ3n) is 4.91. The minimum absolute atomic E-state index is 0.598. The standard InChI is InChI=1S/C21H18N10/c1-12(22-2)10-31(3)16-4-5-25-20-18(16)27-21(28-20)17-15-6-13(9-26-19(15)30-29-17)14-7-23-11-24-8-14/h4-11H,2H2,1,3H3,(H,25,27,28)(H,26,29,30)/b12-10-. The summed E-state index contributed by atoms with van der Waals surface area (Å²) in [4.78, 5) is 31.0. The molecule has 0 aliphatic rings. The number of H-pyrrole nitrogens is 2. The van der Waals surface area contributed by atoms with Crippen LogP contribution in [0.1, 0.15) is 6.92 Å². The van der Waals surface area contributed by atoms with Crippen LogP contribution in [-0.4, -0.2) is 53.9 Å². The van der Waals surface area contributed by atoms with E-state index in [1.165, 1.54) is 6.33 Å². The van der Waals surface area contributed by atoms with Gasteiger partial charge in [-0.1, -0.05) is 0 Å². The van der Waals surface area contributed by atoms with Crippen molar-refractivity contribution in [3.63, 3.8) is 0 Å². The number of hydrogen-bond acceptors (Lipinski definition) is 8. The molecule has 5 aromatic heterocycles. The molecule has 0 fully saturated rings. The van der Waals surface area contributed by atoms with Gasteiger partial charge >= 0.3 is 0 Å². The number of fused-ring (bicyclic) bond motifs is 2. The maximum absolute atomic E-state index is 4.79. The number of aromatic amines is 2. The van der Waals surface area contributed by atoms with Crippen molar-refractivity contribution in [1.82, 2.24) is 40.1 Å². The second-order valence-electron chi connectivity index (χ2n) is 6.97. The molecule has 0 aliphatic heterocycles. The van der Waals surface area contributed by atoms with Gasteiger partial charge in [0.25, 0.3) is 0 Å². The molecule has 152 valence electrons. The average molecular weight is 410 g/mol. The maximum atomic E-state index is 4.79. The van der Waals surface area contributed by atoms with Gasteiger partial charge in [0.15, 0.2) is 17.1 Å². The van der Waals surface area contributed by atoms with Crippen molar-refractivity contribution >= 4 is 34.6 Å². The highest BCUT2D eigenvalue weighted by molar-refractivity contribution is 5.95. The number of nitrogens with one attached hydrogen (secondary N) is 2. The predicted octanol–water partition coefficient (Wildman–Crippen LogP) is 3.35. The Kier molecular flexibility index (Phi) is 4.43. The zero-order valence-electron chi connectivity index (χ0n) is 16.9. The van der Waals surface area contributed by atoms with E-state index in [1.54, 1.807) is 24.8 Å². The third-order valence-corrected chi connectivity index (χ3v) is 4.91. The van der Waals surface area contributed by atoms with E-state index in [9.17, 15) is 0 Å². The lowest BCUT2D eigenvalue weighted by molar-refractivity contribution is 1.09. The molecular weight excluding hydrogens is 392 g/mol. The highest BCUT2D eigenvalue weighted by atomic mass is 15.2. The van der Waals surface area contributed by atoms with Gasteiger partial charge in [-0.3, -0.25) is 10.1 Å². The molecule has 0 radical (unpaired) electrons. The molecule has 0 unspecified atom stereocenters. The van der Waals surface area contributed by atoms with Crippen LogP contribution in [0.3, 0.4) is 0 Å². The van der Waals surface area contributed by atoms with Gasteiger partial charge < -0.3 is 9.88 Å². The van der Waals surface area contributed by atoms with Gasteiger partial charge in [0.05, 0.1) is 16.8 Å². The van der Waals surface area contributed by atoms with E-state index < -0.39 is 0 Å². The first-order valence-electron chi connectivity index (χ1n) is 9.46. The van der Waals surface area contributed by atoms with Gasteiger partial charge in [-0.2, -0.15) is 5.10 Å². The van der Waals surface area contributed by atoms with Gasteiger partial charge in [0, 0.05) is 49.2 Å². The first-order chi connectivity index (χ1) is 15.1. The van der Waals surface area contributed by atoms with Crippen molar-refractivity contribution in [2.45, 2.75) is 6.92 Å². The van der Waals surface area contributed by atoms with Gasteiger partial charge in [-0.05, 0) is 25.8 Å². The number of anilines is 1. The Hall–Kier alpha value is -4.47. The molecule has 0 spiro atoms. The van der Waals surface area contributed by atoms with E-state index in [-0.39, 0.29) is 0 Å². The highest BCUT2D eigenvalue weighted by Crippen LogP contribution is 2.30. The summed E-state index contributed by atoms with van der Waals surface area (Å²) < 4.78 is 0. The number of hydrogen-bond donors (Lipinski definition) is 2. The molecule has 0 aliphatic carbocycles. The summed E-state index contributed by atoms with van der Waals surface area (Å²) in [5, 5.41) is 8.25. The SMILES string of the molecule is C=N/C(C)=C\N(C)c1ccnc2[nH]c(-c3n[nH]c4ncc(-c5cncnc5)cc34)nc12. The molecule has 10 heteroatoms. The average Bonchev–Trinajstić information content (AvgIpc) is 3.42. The number of rotatable bonds is 5. The number of aromatic nitrogens is 8. The summed E-state index contributed by atoms with van der Waals surface area (Å²) in [7, 11) is 1.93. The smallest absolute Gasteiger partial charge is 0.161 e. The van der Waals surface area contributed by atoms with Crippen LogP contribution >= 0.6 is 0 Å². The molecule has 2 N–H and O–H groups in total. The molecule has 10 nitrogen and oxygen atoms in total. The molecule has 31 heavy (non-hydrogen) atoms. The van der Waals surface area contributed by atoms with Crippen LogP contribution in [0.5, 0.6) is 0 Å². The monoisotopic (exact) mass is 410 g/mol. The Morgan fingerprint density at radius 2 is 1.97 bits per heavy atom. The van der Waals surface area contributed by atoms with Crippen molar-refractivity contribution in [2.24, 2.45) is 4.99 Å². The van der Waals surface area contributed by atoms with E-state index in [1.807, 2.05) is 37.2 Å². The number of imidazole rings is 1. The molecule has 0 saturated carbocycles. The first-order valence-corrected chi connectivity index (χ1v) is 9.46. The second kappa shape index (κ2) is 7.41. The normalized spacial score (nSPS) is 11.9. The number of pyridine rings is 2. The first kappa shape index (κ1) is 18.6. The van der Waals surface area contributed by atoms with E-state index in [0.29, 0.717) is 22.8 Å². The highest BCUT2D eigenvalue weighted by Gasteiger charge is 2.17. The number of nitrogens with zero attached hydrogens (tertiary/aromatic N) is 8. The fraction of sp³-hybridized carbons (Fsp3) is 0.0952. The van der Waals surface area contributed by atoms with Crippen molar-refractivity contribution in [2.75, 3.05) is 11.9 Å². The molecule has 0 amide bonds. The lowest BCUT2D eigenvalue weighted by atomic mass is 10.1. The quantitative estimate of drug-likeness (QED) is 0.426. The van der Waals surface area contributed by atoms with Crippen LogP contribution in [0, 0.1) is 0 Å². The van der Waals surface area contributed by atoms with Crippen LogP contribution in [0.2, 0.25) is 0 Å². The molecule has 0 aromatic carbocycles. The Morgan fingerprint density at radius 1 is 1.13 bits per heavy atom. The summed E-state index contributed by atoms with van der Waals surface area (Å²) in [6.45, 7) is 5.45. The number of aliphatic imine (C=N–C) groups is 1. The predicted molar refractivity (Wildman–Crippen MR) is 120 cm³/mol. The lowest BCUT2D eigenvalue weighted by Crippen LogP contribution is -2.09. The summed E-state index contributed by atoms with van der Waals surface area (Å²) in [5.74, 6) is 0.598. The lowest BCUT2D eigenvalue weighted by Gasteiger charge is -2.14. The summed E-state index contributed by atoms with van der Waals surface area (Å²) in [6.07, 6.45) is 10.4. The van der Waals surface area contributed by atoms with Crippen LogP contribution in [0.25, 0.3) is 44.8 Å². The summed E-state index contributed by atoms with van der Waals surface area (Å²) >= 11 is 0. The van der Waals surface area contributed by atoms with Crippen molar-refractivity contribution in [3.05, 3.63) is 55.1 Å². The summed E-state index contributed by atoms with van der Waals surface area (Å²) in [6, 6.07) is 3.90. The largest absolute Gasteiger partial charge is 0.347 e. The Morgan fingerprint density at radius 3 is 2.77 bits per heavy atom. The third kappa shape index (κ3) is 3.29. The zero-order chi connectivity index (χ0) is 21.4. The molecule has 5 heterocycles. The number of allylic oxidation sites excluding steroid dienone is 1.